The SMILES string of the molecule is CS(=O)(=O)Cc1noc(CNc2ccc(O)cc2)n1. The normalized spacial score (nSPS) is 11.4. The quantitative estimate of drug-likeness (QED) is 0.786. The fourth-order valence-electron chi connectivity index (χ4n) is 1.41. The highest BCUT2D eigenvalue weighted by molar-refractivity contribution is 7.89. The van der Waals surface area contributed by atoms with Crippen molar-refractivity contribution in [2.75, 3.05) is 11.6 Å². The third kappa shape index (κ3) is 4.25. The number of phenolic OH excluding ortho intramolecular Hbond substituents is 1. The first kappa shape index (κ1) is 13.3. The van der Waals surface area contributed by atoms with Gasteiger partial charge in [-0.1, -0.05) is 5.16 Å². The van der Waals surface area contributed by atoms with Crippen LogP contribution < -0.4 is 5.32 Å². The van der Waals surface area contributed by atoms with E-state index in [9.17, 15) is 8.42 Å². The maximum absolute atomic E-state index is 11.1. The Kier molecular flexibility index (Phi) is 3.70. The molecular formula is C11H13N3O4S. The molecule has 0 spiro atoms. The summed E-state index contributed by atoms with van der Waals surface area (Å²) in [6.45, 7) is 0.279. The largest absolute Gasteiger partial charge is 0.508 e. The smallest absolute Gasteiger partial charge is 0.245 e. The van der Waals surface area contributed by atoms with Crippen LogP contribution >= 0.6 is 0 Å². The van der Waals surface area contributed by atoms with Gasteiger partial charge in [0.25, 0.3) is 0 Å². The van der Waals surface area contributed by atoms with Crippen LogP contribution in [-0.2, 0) is 22.1 Å². The molecular weight excluding hydrogens is 270 g/mol. The molecule has 7 nitrogen and oxygen atoms in total. The summed E-state index contributed by atoms with van der Waals surface area (Å²) >= 11 is 0. The van der Waals surface area contributed by atoms with Crippen LogP contribution in [0.4, 0.5) is 5.69 Å². The van der Waals surface area contributed by atoms with E-state index in [4.69, 9.17) is 9.63 Å². The minimum absolute atomic E-state index is 0.144. The number of anilines is 1. The Morgan fingerprint density at radius 3 is 2.63 bits per heavy atom. The predicted molar refractivity (Wildman–Crippen MR) is 68.3 cm³/mol. The molecule has 0 fully saturated rings. The fourth-order valence-corrected chi connectivity index (χ4v) is 2.00. The van der Waals surface area contributed by atoms with Crippen molar-refractivity contribution < 1.29 is 18.0 Å². The number of phenols is 1. The molecule has 0 aliphatic rings. The molecule has 0 saturated heterocycles. The van der Waals surface area contributed by atoms with Gasteiger partial charge in [-0.2, -0.15) is 4.98 Å². The first-order chi connectivity index (χ1) is 8.92. The van der Waals surface area contributed by atoms with E-state index in [2.05, 4.69) is 15.5 Å². The lowest BCUT2D eigenvalue weighted by atomic mass is 10.3. The Hall–Kier alpha value is -2.09. The summed E-state index contributed by atoms with van der Waals surface area (Å²) in [7, 11) is -3.17. The Morgan fingerprint density at radius 1 is 1.32 bits per heavy atom. The average molecular weight is 283 g/mol. The lowest BCUT2D eigenvalue weighted by Crippen LogP contribution is -2.03. The lowest BCUT2D eigenvalue weighted by molar-refractivity contribution is 0.379. The molecule has 0 atom stereocenters. The highest BCUT2D eigenvalue weighted by Crippen LogP contribution is 2.14. The van der Waals surface area contributed by atoms with Crippen LogP contribution in [0.25, 0.3) is 0 Å². The molecule has 2 aromatic rings. The minimum Gasteiger partial charge on any atom is -0.508 e. The monoisotopic (exact) mass is 283 g/mol. The standard InChI is InChI=1S/C11H13N3O4S/c1-19(16,17)7-10-13-11(18-14-10)6-12-8-2-4-9(15)5-3-8/h2-5,12,15H,6-7H2,1H3. The van der Waals surface area contributed by atoms with E-state index >= 15 is 0 Å². The van der Waals surface area contributed by atoms with Crippen LogP contribution in [0, 0.1) is 0 Å². The van der Waals surface area contributed by atoms with Crippen LogP contribution in [0.5, 0.6) is 5.75 Å². The third-order valence-corrected chi connectivity index (χ3v) is 3.00. The van der Waals surface area contributed by atoms with Gasteiger partial charge in [0.2, 0.25) is 5.89 Å². The van der Waals surface area contributed by atoms with Crippen molar-refractivity contribution in [3.05, 3.63) is 36.0 Å². The van der Waals surface area contributed by atoms with Gasteiger partial charge in [0, 0.05) is 11.9 Å². The fraction of sp³-hybridized carbons (Fsp3) is 0.273. The van der Waals surface area contributed by atoms with Crippen LogP contribution in [0.3, 0.4) is 0 Å². The summed E-state index contributed by atoms with van der Waals surface area (Å²) in [5.41, 5.74) is 0.778. The van der Waals surface area contributed by atoms with Gasteiger partial charge in [0.15, 0.2) is 15.7 Å². The van der Waals surface area contributed by atoms with E-state index in [-0.39, 0.29) is 23.9 Å². The lowest BCUT2D eigenvalue weighted by Gasteiger charge is -2.02. The van der Waals surface area contributed by atoms with Crippen LogP contribution in [-0.4, -0.2) is 29.9 Å². The van der Waals surface area contributed by atoms with E-state index in [0.29, 0.717) is 5.89 Å². The molecule has 1 aromatic carbocycles. The van der Waals surface area contributed by atoms with Crippen molar-refractivity contribution >= 4 is 15.5 Å². The topological polar surface area (TPSA) is 105 Å². The van der Waals surface area contributed by atoms with Gasteiger partial charge in [-0.25, -0.2) is 8.42 Å². The molecule has 0 saturated carbocycles. The Morgan fingerprint density at radius 2 is 2.00 bits per heavy atom. The number of benzene rings is 1. The van der Waals surface area contributed by atoms with Crippen LogP contribution in [0.2, 0.25) is 0 Å². The number of nitrogens with one attached hydrogen (secondary N) is 1. The summed E-state index contributed by atoms with van der Waals surface area (Å²) in [5, 5.41) is 15.7. The number of rotatable bonds is 5. The van der Waals surface area contributed by atoms with Gasteiger partial charge >= 0.3 is 0 Å². The first-order valence-electron chi connectivity index (χ1n) is 5.44. The Labute approximate surface area is 110 Å². The van der Waals surface area contributed by atoms with Crippen molar-refractivity contribution in [1.82, 2.24) is 10.1 Å². The molecule has 0 radical (unpaired) electrons. The van der Waals surface area contributed by atoms with Gasteiger partial charge < -0.3 is 14.9 Å². The number of aromatic hydroxyl groups is 1. The zero-order valence-corrected chi connectivity index (χ0v) is 11.0. The van der Waals surface area contributed by atoms with Gasteiger partial charge in [0.05, 0.1) is 6.54 Å². The second kappa shape index (κ2) is 5.27. The van der Waals surface area contributed by atoms with Crippen molar-refractivity contribution in [1.29, 1.82) is 0 Å². The highest BCUT2D eigenvalue weighted by Gasteiger charge is 2.11. The maximum Gasteiger partial charge on any atom is 0.245 e. The number of hydrogen-bond acceptors (Lipinski definition) is 7. The minimum atomic E-state index is -3.17. The predicted octanol–water partition coefficient (Wildman–Crippen LogP) is 0.932. The average Bonchev–Trinajstić information content (AvgIpc) is 2.73. The maximum atomic E-state index is 11.1. The molecule has 19 heavy (non-hydrogen) atoms. The molecule has 0 amide bonds. The summed E-state index contributed by atoms with van der Waals surface area (Å²) < 4.78 is 27.0. The second-order valence-corrected chi connectivity index (χ2v) is 6.22. The van der Waals surface area contributed by atoms with Gasteiger partial charge in [0.1, 0.15) is 11.5 Å². The second-order valence-electron chi connectivity index (χ2n) is 4.07. The van der Waals surface area contributed by atoms with E-state index in [1.165, 1.54) is 0 Å². The van der Waals surface area contributed by atoms with E-state index in [1.807, 2.05) is 0 Å². The molecule has 2 rings (SSSR count). The van der Waals surface area contributed by atoms with E-state index in [1.54, 1.807) is 24.3 Å². The van der Waals surface area contributed by atoms with Gasteiger partial charge in [-0.05, 0) is 24.3 Å². The summed E-state index contributed by atoms with van der Waals surface area (Å²) in [6, 6.07) is 6.49. The summed E-state index contributed by atoms with van der Waals surface area (Å²) in [6.07, 6.45) is 1.11. The van der Waals surface area contributed by atoms with Crippen molar-refractivity contribution in [3.63, 3.8) is 0 Å². The molecule has 0 aliphatic carbocycles. The molecule has 0 unspecified atom stereocenters. The molecule has 1 aromatic heterocycles. The van der Waals surface area contributed by atoms with Crippen LogP contribution in [0.15, 0.2) is 28.8 Å². The zero-order chi connectivity index (χ0) is 13.9. The number of sulfone groups is 1. The molecule has 8 heteroatoms. The summed E-state index contributed by atoms with van der Waals surface area (Å²) in [5.74, 6) is 0.380. The molecule has 1 heterocycles. The van der Waals surface area contributed by atoms with Gasteiger partial charge in [-0.15, -0.1) is 0 Å². The van der Waals surface area contributed by atoms with Crippen molar-refractivity contribution in [2.24, 2.45) is 0 Å². The van der Waals surface area contributed by atoms with Gasteiger partial charge in [-0.3, -0.25) is 0 Å². The third-order valence-electron chi connectivity index (χ3n) is 2.21. The number of nitrogens with zero attached hydrogens (tertiary/aromatic N) is 2. The Balaban J connectivity index is 1.95. The zero-order valence-electron chi connectivity index (χ0n) is 10.2. The highest BCUT2D eigenvalue weighted by atomic mass is 32.2. The van der Waals surface area contributed by atoms with Crippen molar-refractivity contribution in [2.45, 2.75) is 12.3 Å². The summed E-state index contributed by atoms with van der Waals surface area (Å²) in [4.78, 5) is 3.96. The van der Waals surface area contributed by atoms with Crippen molar-refractivity contribution in [3.8, 4) is 5.75 Å². The first-order valence-corrected chi connectivity index (χ1v) is 7.50. The number of hydrogen-bond donors (Lipinski definition) is 2. The molecule has 0 bridgehead atoms. The molecule has 102 valence electrons. The molecule has 0 aliphatic heterocycles. The Bertz CT molecular complexity index is 649. The number of aromatic nitrogens is 2. The van der Waals surface area contributed by atoms with E-state index in [0.717, 1.165) is 11.9 Å². The van der Waals surface area contributed by atoms with E-state index < -0.39 is 9.84 Å². The molecule has 2 N–H and O–H groups in total. The van der Waals surface area contributed by atoms with Crippen LogP contribution in [0.1, 0.15) is 11.7 Å².